The van der Waals surface area contributed by atoms with E-state index in [-0.39, 0.29) is 11.6 Å². The molecule has 29 heavy (non-hydrogen) atoms. The zero-order chi connectivity index (χ0) is 20.8. The van der Waals surface area contributed by atoms with Gasteiger partial charge >= 0.3 is 6.18 Å². The van der Waals surface area contributed by atoms with E-state index in [4.69, 9.17) is 0 Å². The van der Waals surface area contributed by atoms with Gasteiger partial charge < -0.3 is 4.57 Å². The summed E-state index contributed by atoms with van der Waals surface area (Å²) in [6, 6.07) is 11.6. The molecule has 0 spiro atoms. The average molecular weight is 398 g/mol. The molecule has 8 heteroatoms. The molecule has 0 unspecified atom stereocenters. The molecule has 0 radical (unpaired) electrons. The van der Waals surface area contributed by atoms with Crippen molar-refractivity contribution in [3.63, 3.8) is 0 Å². The van der Waals surface area contributed by atoms with Gasteiger partial charge in [0.25, 0.3) is 5.56 Å². The van der Waals surface area contributed by atoms with Gasteiger partial charge in [0.1, 0.15) is 11.2 Å². The number of alkyl halides is 3. The number of benzene rings is 1. The van der Waals surface area contributed by atoms with Crippen molar-refractivity contribution in [3.8, 4) is 16.9 Å². The maximum absolute atomic E-state index is 12.9. The van der Waals surface area contributed by atoms with E-state index in [1.165, 1.54) is 22.9 Å². The summed E-state index contributed by atoms with van der Waals surface area (Å²) >= 11 is 0. The van der Waals surface area contributed by atoms with E-state index in [2.05, 4.69) is 10.1 Å². The van der Waals surface area contributed by atoms with Crippen LogP contribution in [0, 0.1) is 0 Å². The molecule has 3 heterocycles. The smallest absolute Gasteiger partial charge is 0.313 e. The second-order valence-corrected chi connectivity index (χ2v) is 6.93. The van der Waals surface area contributed by atoms with Gasteiger partial charge in [-0.15, -0.1) is 0 Å². The predicted octanol–water partition coefficient (Wildman–Crippen LogP) is 4.85. The molecule has 4 rings (SSSR count). The normalized spacial score (nSPS) is 12.1. The first-order valence-electron chi connectivity index (χ1n) is 8.99. The Kier molecular flexibility index (Phi) is 4.49. The lowest BCUT2D eigenvalue weighted by Gasteiger charge is -2.09. The largest absolute Gasteiger partial charge is 0.416 e. The Balaban J connectivity index is 1.87. The lowest BCUT2D eigenvalue weighted by Crippen LogP contribution is -2.20. The fraction of sp³-hybridized carbons (Fsp3) is 0.190. The minimum atomic E-state index is -4.40. The Morgan fingerprint density at radius 1 is 1.03 bits per heavy atom. The maximum Gasteiger partial charge on any atom is 0.416 e. The van der Waals surface area contributed by atoms with E-state index in [0.29, 0.717) is 28.0 Å². The third kappa shape index (κ3) is 3.41. The number of nitrogens with zero attached hydrogens (tertiary/aromatic N) is 4. The van der Waals surface area contributed by atoms with Gasteiger partial charge in [-0.25, -0.2) is 4.68 Å². The number of aromatic nitrogens is 4. The highest BCUT2D eigenvalue weighted by Gasteiger charge is 2.30. The minimum absolute atomic E-state index is 0.0242. The summed E-state index contributed by atoms with van der Waals surface area (Å²) in [7, 11) is 0. The third-order valence-electron chi connectivity index (χ3n) is 4.66. The summed E-state index contributed by atoms with van der Waals surface area (Å²) < 4.78 is 41.7. The zero-order valence-electron chi connectivity index (χ0n) is 15.7. The predicted molar refractivity (Wildman–Crippen MR) is 104 cm³/mol. The van der Waals surface area contributed by atoms with Crippen LogP contribution in [0.4, 0.5) is 13.2 Å². The van der Waals surface area contributed by atoms with Crippen LogP contribution in [0.15, 0.2) is 65.7 Å². The van der Waals surface area contributed by atoms with Crippen LogP contribution >= 0.6 is 0 Å². The first-order valence-corrected chi connectivity index (χ1v) is 8.99. The van der Waals surface area contributed by atoms with E-state index in [9.17, 15) is 18.0 Å². The summed E-state index contributed by atoms with van der Waals surface area (Å²) in [4.78, 5) is 16.8. The number of hydrogen-bond donors (Lipinski definition) is 0. The van der Waals surface area contributed by atoms with E-state index in [1.807, 2.05) is 13.8 Å². The van der Waals surface area contributed by atoms with Crippen molar-refractivity contribution in [2.24, 2.45) is 0 Å². The van der Waals surface area contributed by atoms with Gasteiger partial charge in [-0.05, 0) is 56.3 Å². The second kappa shape index (κ2) is 6.88. The van der Waals surface area contributed by atoms with Crippen molar-refractivity contribution < 1.29 is 13.2 Å². The first kappa shape index (κ1) is 18.9. The number of rotatable bonds is 3. The number of pyridine rings is 2. The SMILES string of the molecule is CC(C)n1ccc(-c2nn(-c3ccc(C(F)(F)F)cc3)c3cccnc23)cc1=O. The average Bonchev–Trinajstić information content (AvgIpc) is 3.07. The van der Waals surface area contributed by atoms with Crippen LogP contribution in [0.3, 0.4) is 0 Å². The van der Waals surface area contributed by atoms with Crippen LogP contribution in [-0.2, 0) is 6.18 Å². The lowest BCUT2D eigenvalue weighted by molar-refractivity contribution is -0.137. The molecular formula is C21H17F3N4O. The van der Waals surface area contributed by atoms with Gasteiger partial charge in [0.15, 0.2) is 0 Å². The highest BCUT2D eigenvalue weighted by molar-refractivity contribution is 5.90. The molecular weight excluding hydrogens is 381 g/mol. The van der Waals surface area contributed by atoms with Gasteiger partial charge in [-0.1, -0.05) is 0 Å². The van der Waals surface area contributed by atoms with Crippen LogP contribution in [0.25, 0.3) is 28.0 Å². The molecule has 1 aromatic carbocycles. The van der Waals surface area contributed by atoms with Crippen LogP contribution in [-0.4, -0.2) is 19.3 Å². The quantitative estimate of drug-likeness (QED) is 0.496. The molecule has 0 saturated heterocycles. The van der Waals surface area contributed by atoms with Gasteiger partial charge in [0.2, 0.25) is 0 Å². The molecule has 0 aliphatic carbocycles. The fourth-order valence-electron chi connectivity index (χ4n) is 3.20. The van der Waals surface area contributed by atoms with Crippen molar-refractivity contribution in [2.45, 2.75) is 26.1 Å². The van der Waals surface area contributed by atoms with Crippen molar-refractivity contribution in [1.29, 1.82) is 0 Å². The number of halogens is 3. The fourth-order valence-corrected chi connectivity index (χ4v) is 3.20. The molecule has 0 atom stereocenters. The molecule has 0 amide bonds. The Labute approximate surface area is 164 Å². The summed E-state index contributed by atoms with van der Waals surface area (Å²) in [6.07, 6.45) is -1.09. The Bertz CT molecular complexity index is 1240. The van der Waals surface area contributed by atoms with E-state index >= 15 is 0 Å². The lowest BCUT2D eigenvalue weighted by atomic mass is 10.1. The molecule has 0 bridgehead atoms. The molecule has 4 aromatic rings. The first-order chi connectivity index (χ1) is 13.8. The topological polar surface area (TPSA) is 52.7 Å². The number of hydrogen-bond acceptors (Lipinski definition) is 3. The molecule has 0 aliphatic rings. The van der Waals surface area contributed by atoms with E-state index in [0.717, 1.165) is 12.1 Å². The van der Waals surface area contributed by atoms with Crippen LogP contribution in [0.1, 0.15) is 25.5 Å². The van der Waals surface area contributed by atoms with Crippen molar-refractivity contribution in [3.05, 3.63) is 76.8 Å². The van der Waals surface area contributed by atoms with Crippen molar-refractivity contribution in [2.75, 3.05) is 0 Å². The summed E-state index contributed by atoms with van der Waals surface area (Å²) in [5, 5.41) is 4.56. The minimum Gasteiger partial charge on any atom is -0.313 e. The molecule has 0 saturated carbocycles. The van der Waals surface area contributed by atoms with Crippen LogP contribution in [0.5, 0.6) is 0 Å². The summed E-state index contributed by atoms with van der Waals surface area (Å²) in [6.45, 7) is 3.83. The monoisotopic (exact) mass is 398 g/mol. The summed E-state index contributed by atoms with van der Waals surface area (Å²) in [5.74, 6) is 0. The third-order valence-corrected chi connectivity index (χ3v) is 4.66. The molecule has 3 aromatic heterocycles. The molecule has 148 valence electrons. The molecule has 0 aliphatic heterocycles. The van der Waals surface area contributed by atoms with E-state index < -0.39 is 11.7 Å². The Morgan fingerprint density at radius 3 is 2.38 bits per heavy atom. The van der Waals surface area contributed by atoms with Crippen LogP contribution in [0.2, 0.25) is 0 Å². The van der Waals surface area contributed by atoms with Gasteiger partial charge in [-0.3, -0.25) is 9.78 Å². The highest BCUT2D eigenvalue weighted by Crippen LogP contribution is 2.31. The second-order valence-electron chi connectivity index (χ2n) is 6.93. The molecule has 0 fully saturated rings. The maximum atomic E-state index is 12.9. The molecule has 0 N–H and O–H groups in total. The summed E-state index contributed by atoms with van der Waals surface area (Å²) in [5.41, 5.74) is 1.87. The van der Waals surface area contributed by atoms with Gasteiger partial charge in [0.05, 0.1) is 16.8 Å². The van der Waals surface area contributed by atoms with Gasteiger partial charge in [0, 0.05) is 30.1 Å². The van der Waals surface area contributed by atoms with Crippen LogP contribution < -0.4 is 5.56 Å². The van der Waals surface area contributed by atoms with Crippen molar-refractivity contribution in [1.82, 2.24) is 19.3 Å². The van der Waals surface area contributed by atoms with Crippen molar-refractivity contribution >= 4 is 11.0 Å². The van der Waals surface area contributed by atoms with E-state index in [1.54, 1.807) is 35.2 Å². The van der Waals surface area contributed by atoms with Gasteiger partial charge in [-0.2, -0.15) is 18.3 Å². The zero-order valence-corrected chi connectivity index (χ0v) is 15.7. The molecule has 5 nitrogen and oxygen atoms in total. The number of fused-ring (bicyclic) bond motifs is 1. The highest BCUT2D eigenvalue weighted by atomic mass is 19.4. The standard InChI is InChI=1S/C21H17F3N4O/c1-13(2)27-11-9-14(12-18(27)29)19-20-17(4-3-10-25-20)28(26-19)16-7-5-15(6-8-16)21(22,23)24/h3-13H,1-2H3. The Hall–Kier alpha value is -3.42. The Morgan fingerprint density at radius 2 is 1.76 bits per heavy atom.